The summed E-state index contributed by atoms with van der Waals surface area (Å²) in [6.07, 6.45) is 0.388. The molecule has 2 aliphatic rings. The van der Waals surface area contributed by atoms with Crippen molar-refractivity contribution >= 4 is 46.4 Å². The minimum absolute atomic E-state index is 0.0658. The van der Waals surface area contributed by atoms with Gasteiger partial charge in [-0.05, 0) is 85.0 Å². The van der Waals surface area contributed by atoms with E-state index >= 15 is 0 Å². The number of halogens is 4. The lowest BCUT2D eigenvalue weighted by molar-refractivity contribution is -0.135. The van der Waals surface area contributed by atoms with Crippen LogP contribution in [0.1, 0.15) is 82.6 Å². The minimum atomic E-state index is -3.83. The molecule has 11 heteroatoms. The number of piperidine rings is 1. The first kappa shape index (κ1) is 36.8. The molecule has 1 unspecified atom stereocenters. The van der Waals surface area contributed by atoms with Gasteiger partial charge in [-0.3, -0.25) is 19.5 Å². The van der Waals surface area contributed by atoms with E-state index in [4.69, 9.17) is 32.7 Å². The molecule has 0 aromatic heterocycles. The number of hydrogen-bond acceptors (Lipinski definition) is 5. The number of Topliss-reactive ketones (excluding diaryl/α,β-unsaturated/α-hetero) is 1. The molecule has 0 bridgehead atoms. The maximum atomic E-state index is 14.8. The third-order valence-electron chi connectivity index (χ3n) is 8.64. The fourth-order valence-corrected chi connectivity index (χ4v) is 6.69. The number of likely N-dealkylation sites (tertiary alicyclic amines) is 1. The number of carbonyl (C=O) groups excluding carboxylic acids is 2. The number of nitrogens with zero attached hydrogens (tertiary/aromatic N) is 3. The molecule has 47 heavy (non-hydrogen) atoms. The number of allylic oxidation sites excluding steroid dienone is 1. The van der Waals surface area contributed by atoms with Crippen LogP contribution in [0.25, 0.3) is 0 Å². The summed E-state index contributed by atoms with van der Waals surface area (Å²) >= 11 is 12.1. The molecule has 7 nitrogen and oxygen atoms in total. The zero-order valence-corrected chi connectivity index (χ0v) is 29.6. The number of amides is 1. The predicted molar refractivity (Wildman–Crippen MR) is 184 cm³/mol. The van der Waals surface area contributed by atoms with Crippen molar-refractivity contribution < 1.29 is 27.8 Å². The molecule has 2 atom stereocenters. The Bertz CT molecular complexity index is 1510. The van der Waals surface area contributed by atoms with E-state index in [2.05, 4.69) is 32.3 Å². The van der Waals surface area contributed by atoms with Gasteiger partial charge in [0, 0.05) is 43.6 Å². The summed E-state index contributed by atoms with van der Waals surface area (Å²) in [5.41, 5.74) is 1.51. The van der Waals surface area contributed by atoms with Gasteiger partial charge >= 0.3 is 5.38 Å². The number of aliphatic imine (C=N–C) groups is 1. The molecule has 0 radical (unpaired) electrons. The number of benzene rings is 2. The summed E-state index contributed by atoms with van der Waals surface area (Å²) in [6.45, 7) is 15.0. The molecule has 0 N–H and O–H groups in total. The Morgan fingerprint density at radius 1 is 1.11 bits per heavy atom. The van der Waals surface area contributed by atoms with Crippen molar-refractivity contribution in [2.45, 2.75) is 84.3 Å². The first-order chi connectivity index (χ1) is 22.0. The number of alkyl halides is 3. The Kier molecular flexibility index (Phi) is 11.8. The molecule has 4 rings (SSSR count). The van der Waals surface area contributed by atoms with Gasteiger partial charge in [-0.15, -0.1) is 0 Å². The van der Waals surface area contributed by atoms with Crippen LogP contribution >= 0.6 is 23.2 Å². The van der Waals surface area contributed by atoms with E-state index in [0.29, 0.717) is 67.4 Å². The van der Waals surface area contributed by atoms with E-state index in [1.807, 2.05) is 32.0 Å². The number of carbonyl (C=O) groups is 2. The highest BCUT2D eigenvalue weighted by Gasteiger charge is 2.44. The number of hydrogen-bond donors (Lipinski definition) is 0. The quantitative estimate of drug-likeness (QED) is 0.233. The maximum Gasteiger partial charge on any atom is 0.362 e. The number of anilines is 1. The highest BCUT2D eigenvalue weighted by atomic mass is 35.5. The number of rotatable bonds is 10. The number of ketones is 1. The smallest absolute Gasteiger partial charge is 0.362 e. The molecule has 2 heterocycles. The SMILES string of the molecule is C=C(N1C(=NC)[C@@H](CC(=O)N2CCC(CC(=O)CC(C)(C)C)CC2)OC(c2cccc(OCC)c2C)c2cc(Cl)ccc21)C(F)(F)Cl. The van der Waals surface area contributed by atoms with E-state index in [9.17, 15) is 18.4 Å². The van der Waals surface area contributed by atoms with Gasteiger partial charge in [0.25, 0.3) is 0 Å². The van der Waals surface area contributed by atoms with Crippen LogP contribution in [-0.4, -0.2) is 60.7 Å². The van der Waals surface area contributed by atoms with Gasteiger partial charge in [-0.1, -0.05) is 51.1 Å². The van der Waals surface area contributed by atoms with Gasteiger partial charge < -0.3 is 14.4 Å². The van der Waals surface area contributed by atoms with Gasteiger partial charge in [0.15, 0.2) is 0 Å². The first-order valence-electron chi connectivity index (χ1n) is 16.0. The lowest BCUT2D eigenvalue weighted by atomic mass is 9.84. The van der Waals surface area contributed by atoms with Crippen LogP contribution < -0.4 is 9.64 Å². The van der Waals surface area contributed by atoms with Gasteiger partial charge in [0.1, 0.15) is 35.3 Å². The molecule has 256 valence electrons. The Morgan fingerprint density at radius 2 is 1.79 bits per heavy atom. The van der Waals surface area contributed by atoms with Crippen LogP contribution in [0.3, 0.4) is 0 Å². The highest BCUT2D eigenvalue weighted by molar-refractivity contribution is 6.31. The third kappa shape index (κ3) is 8.92. The average Bonchev–Trinajstić information content (AvgIpc) is 3.10. The number of ether oxygens (including phenoxy) is 2. The minimum Gasteiger partial charge on any atom is -0.494 e. The molecular weight excluding hydrogens is 647 g/mol. The van der Waals surface area contributed by atoms with Crippen LogP contribution in [-0.2, 0) is 14.3 Å². The molecule has 0 aliphatic carbocycles. The molecule has 2 aromatic carbocycles. The molecule has 2 aliphatic heterocycles. The molecule has 0 saturated carbocycles. The van der Waals surface area contributed by atoms with E-state index in [0.717, 1.165) is 11.1 Å². The van der Waals surface area contributed by atoms with Gasteiger partial charge in [0.05, 0.1) is 18.7 Å². The average molecular weight is 693 g/mol. The van der Waals surface area contributed by atoms with E-state index in [1.54, 1.807) is 23.1 Å². The second-order valence-electron chi connectivity index (χ2n) is 13.5. The summed E-state index contributed by atoms with van der Waals surface area (Å²) in [5.74, 6) is 0.960. The summed E-state index contributed by atoms with van der Waals surface area (Å²) in [7, 11) is 1.46. The van der Waals surface area contributed by atoms with Crippen LogP contribution in [0, 0.1) is 18.3 Å². The standard InChI is InChI=1S/C36H45Cl2F2N3O4/c1-8-46-30-11-9-10-27(22(30)2)33-28-19-25(37)12-13-29(28)43(23(3)36(38,39)40)34(41-7)31(47-33)20-32(45)42-16-14-24(15-17-42)18-26(44)21-35(4,5)6/h9-13,19,24,31,33H,3,8,14-18,20-21H2,1-2,4-7H3/t31-,33?/m1/s1. The molecule has 1 amide bonds. The van der Waals surface area contributed by atoms with E-state index < -0.39 is 23.3 Å². The summed E-state index contributed by atoms with van der Waals surface area (Å²) in [6, 6.07) is 10.4. The van der Waals surface area contributed by atoms with E-state index in [1.165, 1.54) is 11.9 Å². The van der Waals surface area contributed by atoms with Crippen LogP contribution in [0.4, 0.5) is 14.5 Å². The Balaban J connectivity index is 1.69. The second-order valence-corrected chi connectivity index (χ2v) is 14.4. The lowest BCUT2D eigenvalue weighted by Crippen LogP contribution is -2.46. The summed E-state index contributed by atoms with van der Waals surface area (Å²) < 4.78 is 42.3. The van der Waals surface area contributed by atoms with Crippen molar-refractivity contribution in [3.8, 4) is 5.75 Å². The molecule has 1 saturated heterocycles. The van der Waals surface area contributed by atoms with Crippen LogP contribution in [0.5, 0.6) is 5.75 Å². The first-order valence-corrected chi connectivity index (χ1v) is 16.8. The van der Waals surface area contributed by atoms with Crippen molar-refractivity contribution in [3.05, 3.63) is 70.4 Å². The third-order valence-corrected chi connectivity index (χ3v) is 9.09. The fourth-order valence-electron chi connectivity index (χ4n) is 6.43. The zero-order valence-electron chi connectivity index (χ0n) is 28.0. The molecular formula is C36H45Cl2F2N3O4. The summed E-state index contributed by atoms with van der Waals surface area (Å²) in [5, 5.41) is -3.47. The van der Waals surface area contributed by atoms with Crippen molar-refractivity contribution in [2.75, 3.05) is 31.6 Å². The van der Waals surface area contributed by atoms with Crippen LogP contribution in [0.2, 0.25) is 5.02 Å². The normalized spacial score (nSPS) is 20.2. The topological polar surface area (TPSA) is 71.4 Å². The van der Waals surface area contributed by atoms with E-state index in [-0.39, 0.29) is 35.3 Å². The lowest BCUT2D eigenvalue weighted by Gasteiger charge is -2.34. The van der Waals surface area contributed by atoms with Crippen LogP contribution in [0.15, 0.2) is 53.7 Å². The maximum absolute atomic E-state index is 14.8. The molecule has 1 fully saturated rings. The van der Waals surface area contributed by atoms with Gasteiger partial charge in [-0.2, -0.15) is 8.78 Å². The molecule has 0 spiro atoms. The van der Waals surface area contributed by atoms with Crippen molar-refractivity contribution in [3.63, 3.8) is 0 Å². The monoisotopic (exact) mass is 691 g/mol. The van der Waals surface area contributed by atoms with Crippen molar-refractivity contribution in [1.82, 2.24) is 4.90 Å². The number of fused-ring (bicyclic) bond motifs is 1. The Hall–Kier alpha value is -3.01. The largest absolute Gasteiger partial charge is 0.494 e. The summed E-state index contributed by atoms with van der Waals surface area (Å²) in [4.78, 5) is 33.8. The van der Waals surface area contributed by atoms with Crippen molar-refractivity contribution in [1.29, 1.82) is 0 Å². The highest BCUT2D eigenvalue weighted by Crippen LogP contribution is 2.45. The number of amidine groups is 1. The Morgan fingerprint density at radius 3 is 2.38 bits per heavy atom. The fraction of sp³-hybridized carbons (Fsp3) is 0.528. The van der Waals surface area contributed by atoms with Crippen molar-refractivity contribution in [2.24, 2.45) is 16.3 Å². The van der Waals surface area contributed by atoms with Gasteiger partial charge in [0.2, 0.25) is 5.91 Å². The predicted octanol–water partition coefficient (Wildman–Crippen LogP) is 8.74. The Labute approximate surface area is 286 Å². The van der Waals surface area contributed by atoms with Gasteiger partial charge in [-0.25, -0.2) is 0 Å². The molecule has 2 aromatic rings. The second kappa shape index (κ2) is 15.0. The zero-order chi connectivity index (χ0) is 34.7.